The summed E-state index contributed by atoms with van der Waals surface area (Å²) in [4.78, 5) is 4.24. The van der Waals surface area contributed by atoms with Gasteiger partial charge in [0.05, 0.1) is 11.4 Å². The van der Waals surface area contributed by atoms with Gasteiger partial charge in [-0.3, -0.25) is 10.4 Å². The average molecular weight is 276 g/mol. The molecule has 1 aromatic rings. The molecule has 5 heteroatoms. The Morgan fingerprint density at radius 3 is 2.79 bits per heavy atom. The number of rotatable bonds is 3. The molecular formula is C14H20N4S. The number of aromatic nitrogens is 1. The molecule has 0 unspecified atom stereocenters. The van der Waals surface area contributed by atoms with E-state index < -0.39 is 0 Å². The van der Waals surface area contributed by atoms with Gasteiger partial charge in [-0.1, -0.05) is 25.3 Å². The quantitative estimate of drug-likeness (QED) is 0.506. The fourth-order valence-electron chi connectivity index (χ4n) is 2.23. The number of nitrogens with zero attached hydrogens (tertiary/aromatic N) is 2. The van der Waals surface area contributed by atoms with E-state index in [2.05, 4.69) is 20.8 Å². The summed E-state index contributed by atoms with van der Waals surface area (Å²) >= 11 is 5.25. The zero-order chi connectivity index (χ0) is 13.5. The third-order valence-electron chi connectivity index (χ3n) is 3.30. The van der Waals surface area contributed by atoms with E-state index in [4.69, 9.17) is 12.2 Å². The van der Waals surface area contributed by atoms with Crippen LogP contribution >= 0.6 is 12.2 Å². The summed E-state index contributed by atoms with van der Waals surface area (Å²) in [6, 6.07) is 6.26. The van der Waals surface area contributed by atoms with E-state index in [1.54, 1.807) is 6.20 Å². The molecule has 0 atom stereocenters. The van der Waals surface area contributed by atoms with Crippen LogP contribution in [-0.2, 0) is 0 Å². The molecule has 2 N–H and O–H groups in total. The highest BCUT2D eigenvalue weighted by Crippen LogP contribution is 2.17. The van der Waals surface area contributed by atoms with Gasteiger partial charge >= 0.3 is 0 Å². The Bertz CT molecular complexity index is 438. The van der Waals surface area contributed by atoms with Crippen molar-refractivity contribution in [3.63, 3.8) is 0 Å². The second-order valence-electron chi connectivity index (χ2n) is 4.83. The molecule has 1 saturated carbocycles. The van der Waals surface area contributed by atoms with Gasteiger partial charge in [0, 0.05) is 12.2 Å². The highest BCUT2D eigenvalue weighted by Gasteiger charge is 2.13. The number of hydrogen-bond donors (Lipinski definition) is 2. The van der Waals surface area contributed by atoms with Gasteiger partial charge in [-0.15, -0.1) is 0 Å². The Kier molecular flexibility index (Phi) is 5.27. The molecule has 0 bridgehead atoms. The fraction of sp³-hybridized carbons (Fsp3) is 0.500. The summed E-state index contributed by atoms with van der Waals surface area (Å²) in [5.41, 5.74) is 4.58. The maximum Gasteiger partial charge on any atom is 0.187 e. The average Bonchev–Trinajstić information content (AvgIpc) is 2.47. The molecule has 0 aliphatic heterocycles. The third kappa shape index (κ3) is 4.59. The molecular weight excluding hydrogens is 256 g/mol. The Morgan fingerprint density at radius 2 is 2.11 bits per heavy atom. The topological polar surface area (TPSA) is 49.3 Å². The summed E-state index contributed by atoms with van der Waals surface area (Å²) in [7, 11) is 0. The Morgan fingerprint density at radius 1 is 1.32 bits per heavy atom. The summed E-state index contributed by atoms with van der Waals surface area (Å²) in [5.74, 6) is 0. The molecule has 1 heterocycles. The highest BCUT2D eigenvalue weighted by atomic mass is 32.1. The second-order valence-corrected chi connectivity index (χ2v) is 5.24. The van der Waals surface area contributed by atoms with Crippen molar-refractivity contribution in [2.24, 2.45) is 5.10 Å². The van der Waals surface area contributed by atoms with E-state index in [0.29, 0.717) is 11.2 Å². The van der Waals surface area contributed by atoms with E-state index in [1.165, 1.54) is 32.1 Å². The van der Waals surface area contributed by atoms with Crippen molar-refractivity contribution >= 4 is 23.0 Å². The first-order valence-electron chi connectivity index (χ1n) is 6.78. The summed E-state index contributed by atoms with van der Waals surface area (Å²) < 4.78 is 0. The molecule has 1 aromatic heterocycles. The summed E-state index contributed by atoms with van der Waals surface area (Å²) in [6.07, 6.45) is 8.07. The van der Waals surface area contributed by atoms with Crippen LogP contribution in [0.25, 0.3) is 0 Å². The predicted octanol–water partition coefficient (Wildman–Crippen LogP) is 2.60. The SMILES string of the molecule is C/C(=N/NC(=S)NC1CCCCC1)c1ccccn1. The van der Waals surface area contributed by atoms with Crippen LogP contribution in [0.15, 0.2) is 29.5 Å². The second kappa shape index (κ2) is 7.19. The van der Waals surface area contributed by atoms with E-state index in [-0.39, 0.29) is 0 Å². The van der Waals surface area contributed by atoms with Crippen molar-refractivity contribution in [1.82, 2.24) is 15.7 Å². The third-order valence-corrected chi connectivity index (χ3v) is 3.51. The normalized spacial score (nSPS) is 17.0. The number of thiocarbonyl (C=S) groups is 1. The molecule has 4 nitrogen and oxygen atoms in total. The van der Waals surface area contributed by atoms with Gasteiger partial charge in [-0.2, -0.15) is 5.10 Å². The number of pyridine rings is 1. The first kappa shape index (κ1) is 13.9. The Balaban J connectivity index is 1.82. The minimum atomic E-state index is 0.499. The predicted molar refractivity (Wildman–Crippen MR) is 82.2 cm³/mol. The molecule has 2 rings (SSSR count). The molecule has 1 aliphatic rings. The van der Waals surface area contributed by atoms with Gasteiger partial charge in [-0.05, 0) is 44.1 Å². The van der Waals surface area contributed by atoms with Gasteiger partial charge in [0.1, 0.15) is 0 Å². The molecule has 1 aliphatic carbocycles. The van der Waals surface area contributed by atoms with Crippen LogP contribution in [0.1, 0.15) is 44.7 Å². The first-order valence-corrected chi connectivity index (χ1v) is 7.19. The van der Waals surface area contributed by atoms with Crippen molar-refractivity contribution in [1.29, 1.82) is 0 Å². The fourth-order valence-corrected chi connectivity index (χ4v) is 2.45. The molecule has 0 spiro atoms. The first-order chi connectivity index (χ1) is 9.25. The van der Waals surface area contributed by atoms with Gasteiger partial charge < -0.3 is 5.32 Å². The molecule has 0 amide bonds. The lowest BCUT2D eigenvalue weighted by Gasteiger charge is -2.23. The van der Waals surface area contributed by atoms with E-state index in [0.717, 1.165) is 11.4 Å². The van der Waals surface area contributed by atoms with Crippen LogP contribution in [-0.4, -0.2) is 21.8 Å². The van der Waals surface area contributed by atoms with Gasteiger partial charge in [0.25, 0.3) is 0 Å². The van der Waals surface area contributed by atoms with Crippen molar-refractivity contribution in [2.75, 3.05) is 0 Å². The van der Waals surface area contributed by atoms with E-state index >= 15 is 0 Å². The minimum absolute atomic E-state index is 0.499. The monoisotopic (exact) mass is 276 g/mol. The van der Waals surface area contributed by atoms with Crippen LogP contribution in [0.3, 0.4) is 0 Å². The maximum atomic E-state index is 5.25. The molecule has 1 fully saturated rings. The van der Waals surface area contributed by atoms with E-state index in [1.807, 2.05) is 25.1 Å². The van der Waals surface area contributed by atoms with Crippen LogP contribution in [0, 0.1) is 0 Å². The number of hydrogen-bond acceptors (Lipinski definition) is 3. The highest BCUT2D eigenvalue weighted by molar-refractivity contribution is 7.80. The maximum absolute atomic E-state index is 5.25. The summed E-state index contributed by atoms with van der Waals surface area (Å²) in [5, 5.41) is 8.18. The molecule has 19 heavy (non-hydrogen) atoms. The smallest absolute Gasteiger partial charge is 0.187 e. The zero-order valence-electron chi connectivity index (χ0n) is 11.2. The lowest BCUT2D eigenvalue weighted by molar-refractivity contribution is 0.412. The van der Waals surface area contributed by atoms with Crippen molar-refractivity contribution in [3.8, 4) is 0 Å². The lowest BCUT2D eigenvalue weighted by Crippen LogP contribution is -2.41. The van der Waals surface area contributed by atoms with Crippen LogP contribution in [0.2, 0.25) is 0 Å². The minimum Gasteiger partial charge on any atom is -0.359 e. The molecule has 0 saturated heterocycles. The van der Waals surface area contributed by atoms with Gasteiger partial charge in [0.2, 0.25) is 0 Å². The van der Waals surface area contributed by atoms with Crippen molar-refractivity contribution in [2.45, 2.75) is 45.1 Å². The van der Waals surface area contributed by atoms with E-state index in [9.17, 15) is 0 Å². The summed E-state index contributed by atoms with van der Waals surface area (Å²) in [6.45, 7) is 1.92. The van der Waals surface area contributed by atoms with Gasteiger partial charge in [-0.25, -0.2) is 0 Å². The van der Waals surface area contributed by atoms with Crippen LogP contribution in [0.4, 0.5) is 0 Å². The number of nitrogens with one attached hydrogen (secondary N) is 2. The molecule has 0 aromatic carbocycles. The lowest BCUT2D eigenvalue weighted by atomic mass is 9.96. The molecule has 0 radical (unpaired) electrons. The zero-order valence-corrected chi connectivity index (χ0v) is 12.0. The van der Waals surface area contributed by atoms with Crippen LogP contribution in [0.5, 0.6) is 0 Å². The standard InChI is InChI=1S/C14H20N4S/c1-11(13-9-5-6-10-15-13)17-18-14(19)16-12-7-3-2-4-8-12/h5-6,9-10,12H,2-4,7-8H2,1H3,(H2,16,18,19)/b17-11-. The van der Waals surface area contributed by atoms with Crippen molar-refractivity contribution in [3.05, 3.63) is 30.1 Å². The number of hydrazone groups is 1. The Labute approximate surface area is 119 Å². The Hall–Kier alpha value is -1.49. The van der Waals surface area contributed by atoms with Crippen molar-refractivity contribution < 1.29 is 0 Å². The van der Waals surface area contributed by atoms with Crippen LogP contribution < -0.4 is 10.7 Å². The largest absolute Gasteiger partial charge is 0.359 e. The van der Waals surface area contributed by atoms with Gasteiger partial charge in [0.15, 0.2) is 5.11 Å². The molecule has 102 valence electrons.